The third kappa shape index (κ3) is 5.22. The zero-order chi connectivity index (χ0) is 27.3. The molecule has 2 fully saturated rings. The number of carbonyl (C=O) groups excluding carboxylic acids is 3. The topological polar surface area (TPSA) is 79.0 Å². The van der Waals surface area contributed by atoms with Gasteiger partial charge in [-0.25, -0.2) is 0 Å². The molecule has 3 heterocycles. The Balaban J connectivity index is 1.12. The number of imide groups is 1. The lowest BCUT2D eigenvalue weighted by molar-refractivity contribution is -0.136. The monoisotopic (exact) mass is 547 g/mol. The predicted octanol–water partition coefficient (Wildman–Crippen LogP) is 4.83. The molecule has 1 unspecified atom stereocenters. The fraction of sp³-hybridized carbons (Fsp3) is 0.452. The molecule has 0 saturated carbocycles. The molecule has 8 heteroatoms. The third-order valence-electron chi connectivity index (χ3n) is 8.52. The summed E-state index contributed by atoms with van der Waals surface area (Å²) < 4.78 is 6.35. The Kier molecular flexibility index (Phi) is 6.76. The average Bonchev–Trinajstić information content (AvgIpc) is 3.20. The van der Waals surface area contributed by atoms with Gasteiger partial charge in [-0.05, 0) is 66.0 Å². The van der Waals surface area contributed by atoms with Gasteiger partial charge in [0, 0.05) is 37.6 Å². The van der Waals surface area contributed by atoms with Crippen molar-refractivity contribution in [1.82, 2.24) is 15.1 Å². The van der Waals surface area contributed by atoms with Crippen molar-refractivity contribution in [3.05, 3.63) is 69.8 Å². The standard InChI is InChI=1S/C31H34ClN3O4/c1-31(2)13-12-20(24(14-31)19-6-8-22(32)9-7-19)15-34-17-23(18-34)39-26-5-3-4-21-16-35(30(38)28(21)26)25-10-11-27(36)33-29(25)37/h3-9,23,25H,10-18H2,1-2H3,(H,33,36,37). The first-order chi connectivity index (χ1) is 18.7. The largest absolute Gasteiger partial charge is 0.487 e. The van der Waals surface area contributed by atoms with Crippen LogP contribution in [0.4, 0.5) is 0 Å². The molecule has 6 rings (SSSR count). The number of benzene rings is 2. The molecule has 0 radical (unpaired) electrons. The molecule has 1 aliphatic carbocycles. The summed E-state index contributed by atoms with van der Waals surface area (Å²) in [5, 5.41) is 3.11. The van der Waals surface area contributed by atoms with Crippen LogP contribution in [0.1, 0.15) is 67.4 Å². The maximum absolute atomic E-state index is 13.4. The molecule has 1 atom stereocenters. The summed E-state index contributed by atoms with van der Waals surface area (Å²) in [5.74, 6) is -0.305. The Hall–Kier alpha value is -3.16. The SMILES string of the molecule is CC1(C)CCC(CN2CC(Oc3cccc4c3C(=O)N(C3CCC(=O)NC3=O)C4)C2)=C(c2ccc(Cl)cc2)C1. The van der Waals surface area contributed by atoms with Crippen LogP contribution < -0.4 is 10.1 Å². The van der Waals surface area contributed by atoms with Crippen molar-refractivity contribution < 1.29 is 19.1 Å². The Bertz CT molecular complexity index is 1360. The van der Waals surface area contributed by atoms with Gasteiger partial charge in [-0.3, -0.25) is 24.6 Å². The van der Waals surface area contributed by atoms with E-state index in [0.717, 1.165) is 43.1 Å². The van der Waals surface area contributed by atoms with Gasteiger partial charge in [0.15, 0.2) is 0 Å². The van der Waals surface area contributed by atoms with E-state index < -0.39 is 11.9 Å². The fourth-order valence-electron chi connectivity index (χ4n) is 6.32. The minimum atomic E-state index is -0.627. The molecule has 7 nitrogen and oxygen atoms in total. The Labute approximate surface area is 234 Å². The number of likely N-dealkylation sites (tertiary alicyclic amines) is 1. The van der Waals surface area contributed by atoms with E-state index in [1.807, 2.05) is 30.3 Å². The summed E-state index contributed by atoms with van der Waals surface area (Å²) in [6.07, 6.45) is 3.92. The van der Waals surface area contributed by atoms with Crippen molar-refractivity contribution in [2.24, 2.45) is 5.41 Å². The summed E-state index contributed by atoms with van der Waals surface area (Å²) in [6.45, 7) is 7.56. The molecule has 204 valence electrons. The van der Waals surface area contributed by atoms with E-state index in [9.17, 15) is 14.4 Å². The molecule has 2 aromatic carbocycles. The highest BCUT2D eigenvalue weighted by molar-refractivity contribution is 6.30. The summed E-state index contributed by atoms with van der Waals surface area (Å²) in [7, 11) is 0. The molecule has 2 saturated heterocycles. The number of allylic oxidation sites excluding steroid dienone is 1. The number of ether oxygens (including phenoxy) is 1. The smallest absolute Gasteiger partial charge is 0.258 e. The lowest BCUT2D eigenvalue weighted by Crippen LogP contribution is -2.54. The van der Waals surface area contributed by atoms with Crippen molar-refractivity contribution in [3.63, 3.8) is 0 Å². The van der Waals surface area contributed by atoms with Gasteiger partial charge in [-0.15, -0.1) is 0 Å². The molecule has 0 spiro atoms. The zero-order valence-electron chi connectivity index (χ0n) is 22.5. The second-order valence-electron chi connectivity index (χ2n) is 12.1. The second kappa shape index (κ2) is 10.1. The Morgan fingerprint density at radius 1 is 1.05 bits per heavy atom. The minimum Gasteiger partial charge on any atom is -0.487 e. The van der Waals surface area contributed by atoms with Crippen molar-refractivity contribution in [2.75, 3.05) is 19.6 Å². The van der Waals surface area contributed by atoms with Crippen LogP contribution in [0.25, 0.3) is 5.57 Å². The summed E-state index contributed by atoms with van der Waals surface area (Å²) in [4.78, 5) is 41.3. The summed E-state index contributed by atoms with van der Waals surface area (Å²) in [6, 6.07) is 13.2. The van der Waals surface area contributed by atoms with Gasteiger partial charge in [0.05, 0.1) is 5.56 Å². The molecule has 0 bridgehead atoms. The van der Waals surface area contributed by atoms with Crippen molar-refractivity contribution in [1.29, 1.82) is 0 Å². The fourth-order valence-corrected chi connectivity index (χ4v) is 6.44. The first kappa shape index (κ1) is 26.1. The van der Waals surface area contributed by atoms with Gasteiger partial charge >= 0.3 is 0 Å². The predicted molar refractivity (Wildman–Crippen MR) is 149 cm³/mol. The van der Waals surface area contributed by atoms with Crippen LogP contribution in [-0.2, 0) is 16.1 Å². The molecule has 1 N–H and O–H groups in total. The average molecular weight is 548 g/mol. The third-order valence-corrected chi connectivity index (χ3v) is 8.78. The highest BCUT2D eigenvalue weighted by atomic mass is 35.5. The van der Waals surface area contributed by atoms with Crippen LogP contribution in [0.3, 0.4) is 0 Å². The quantitative estimate of drug-likeness (QED) is 0.524. The van der Waals surface area contributed by atoms with Crippen LogP contribution in [0.2, 0.25) is 5.02 Å². The lowest BCUT2D eigenvalue weighted by atomic mass is 9.72. The number of halogens is 1. The molecule has 2 aromatic rings. The molecular weight excluding hydrogens is 514 g/mol. The highest BCUT2D eigenvalue weighted by Crippen LogP contribution is 2.44. The van der Waals surface area contributed by atoms with Gasteiger partial charge in [0.2, 0.25) is 11.8 Å². The number of hydrogen-bond acceptors (Lipinski definition) is 5. The molecule has 39 heavy (non-hydrogen) atoms. The molecule has 0 aromatic heterocycles. The second-order valence-corrected chi connectivity index (χ2v) is 12.5. The van der Waals surface area contributed by atoms with E-state index in [4.69, 9.17) is 16.3 Å². The van der Waals surface area contributed by atoms with Crippen LogP contribution in [-0.4, -0.2) is 59.3 Å². The van der Waals surface area contributed by atoms with Crippen molar-refractivity contribution in [3.8, 4) is 5.75 Å². The lowest BCUT2D eigenvalue weighted by Gasteiger charge is -2.42. The van der Waals surface area contributed by atoms with Crippen LogP contribution in [0.5, 0.6) is 5.75 Å². The number of carbonyl (C=O) groups is 3. The molecule has 3 amide bonds. The zero-order valence-corrected chi connectivity index (χ0v) is 23.2. The number of hydrogen-bond donors (Lipinski definition) is 1. The van der Waals surface area contributed by atoms with Gasteiger partial charge in [0.25, 0.3) is 5.91 Å². The van der Waals surface area contributed by atoms with E-state index in [0.29, 0.717) is 24.3 Å². The molecule has 4 aliphatic rings. The van der Waals surface area contributed by atoms with E-state index in [1.165, 1.54) is 23.1 Å². The van der Waals surface area contributed by atoms with Crippen molar-refractivity contribution >= 4 is 34.9 Å². The number of piperidine rings is 1. The summed E-state index contributed by atoms with van der Waals surface area (Å²) >= 11 is 6.15. The van der Waals surface area contributed by atoms with Crippen LogP contribution in [0.15, 0.2) is 48.0 Å². The van der Waals surface area contributed by atoms with E-state index >= 15 is 0 Å². The Morgan fingerprint density at radius 2 is 1.82 bits per heavy atom. The van der Waals surface area contributed by atoms with Gasteiger partial charge in [0.1, 0.15) is 17.9 Å². The Morgan fingerprint density at radius 3 is 2.56 bits per heavy atom. The summed E-state index contributed by atoms with van der Waals surface area (Å²) in [5.41, 5.74) is 5.87. The number of fused-ring (bicyclic) bond motifs is 1. The van der Waals surface area contributed by atoms with Crippen molar-refractivity contribution in [2.45, 2.75) is 64.6 Å². The van der Waals surface area contributed by atoms with Gasteiger partial charge in [-0.1, -0.05) is 55.3 Å². The maximum atomic E-state index is 13.4. The normalized spacial score (nSPS) is 23.5. The van der Waals surface area contributed by atoms with Gasteiger partial charge < -0.3 is 9.64 Å². The van der Waals surface area contributed by atoms with Crippen LogP contribution in [0, 0.1) is 5.41 Å². The van der Waals surface area contributed by atoms with E-state index in [-0.39, 0.29) is 29.8 Å². The van der Waals surface area contributed by atoms with E-state index in [1.54, 1.807) is 4.90 Å². The molecular formula is C31H34ClN3O4. The number of nitrogens with one attached hydrogen (secondary N) is 1. The van der Waals surface area contributed by atoms with Gasteiger partial charge in [-0.2, -0.15) is 0 Å². The first-order valence-electron chi connectivity index (χ1n) is 13.8. The first-order valence-corrected chi connectivity index (χ1v) is 14.2. The molecule has 3 aliphatic heterocycles. The highest BCUT2D eigenvalue weighted by Gasteiger charge is 2.41. The van der Waals surface area contributed by atoms with E-state index in [2.05, 4.69) is 36.2 Å². The maximum Gasteiger partial charge on any atom is 0.258 e. The number of rotatable bonds is 6. The number of nitrogens with zero attached hydrogens (tertiary/aromatic N) is 2. The van der Waals surface area contributed by atoms with Crippen LogP contribution >= 0.6 is 11.6 Å². The minimum absolute atomic E-state index is 0.00793. The number of amides is 3.